The molecule has 2 N–H and O–H groups in total. The van der Waals surface area contributed by atoms with Gasteiger partial charge < -0.3 is 29.5 Å². The van der Waals surface area contributed by atoms with Crippen LogP contribution in [0.2, 0.25) is 0 Å². The fourth-order valence-electron chi connectivity index (χ4n) is 2.97. The van der Waals surface area contributed by atoms with E-state index >= 15 is 0 Å². The Balaban J connectivity index is 1.74. The number of nitrogens with one attached hydrogen (secondary N) is 2. The van der Waals surface area contributed by atoms with Crippen molar-refractivity contribution in [3.8, 4) is 5.75 Å². The maximum atomic E-state index is 12.5. The second-order valence-corrected chi connectivity index (χ2v) is 6.66. The van der Waals surface area contributed by atoms with Crippen LogP contribution in [0.5, 0.6) is 5.75 Å². The average molecular weight is 393 g/mol. The third kappa shape index (κ3) is 6.41. The van der Waals surface area contributed by atoms with Gasteiger partial charge in [-0.2, -0.15) is 0 Å². The molecule has 0 spiro atoms. The van der Waals surface area contributed by atoms with Crippen molar-refractivity contribution in [1.29, 1.82) is 0 Å². The summed E-state index contributed by atoms with van der Waals surface area (Å²) in [6.45, 7) is 4.35. The van der Waals surface area contributed by atoms with Gasteiger partial charge in [-0.1, -0.05) is 6.07 Å². The van der Waals surface area contributed by atoms with E-state index in [2.05, 4.69) is 5.32 Å². The molecule has 0 aromatic heterocycles. The molecule has 1 atom stereocenters. The largest absolute Gasteiger partial charge is 0.497 e. The number of carbonyl (C=O) groups excluding carboxylic acids is 3. The molecule has 0 saturated carbocycles. The number of nitrogens with zero attached hydrogens (tertiary/aromatic N) is 2. The number of piperazine rings is 1. The van der Waals surface area contributed by atoms with Crippen molar-refractivity contribution in [3.05, 3.63) is 24.3 Å². The molecule has 1 aromatic rings. The van der Waals surface area contributed by atoms with Gasteiger partial charge in [-0.15, -0.1) is 0 Å². The van der Waals surface area contributed by atoms with Crippen LogP contribution in [0.3, 0.4) is 0 Å². The molecule has 2 rings (SSSR count). The number of likely N-dealkylation sites (N-methyl/N-ethyl adjacent to an activating group) is 1. The van der Waals surface area contributed by atoms with Crippen molar-refractivity contribution >= 4 is 23.6 Å². The van der Waals surface area contributed by atoms with E-state index in [4.69, 9.17) is 9.47 Å². The number of hydrogen-bond acceptors (Lipinski definition) is 5. The number of quaternary nitrogens is 1. The third-order valence-corrected chi connectivity index (χ3v) is 4.43. The Hall–Kier alpha value is -2.81. The van der Waals surface area contributed by atoms with Gasteiger partial charge >= 0.3 is 6.09 Å². The molecule has 154 valence electrons. The normalized spacial score (nSPS) is 15.0. The maximum absolute atomic E-state index is 12.5. The Kier molecular flexibility index (Phi) is 8.06. The Morgan fingerprint density at radius 2 is 1.79 bits per heavy atom. The van der Waals surface area contributed by atoms with Gasteiger partial charge in [-0.05, 0) is 19.1 Å². The van der Waals surface area contributed by atoms with Crippen molar-refractivity contribution in [2.75, 3.05) is 65.3 Å². The summed E-state index contributed by atoms with van der Waals surface area (Å²) in [5.41, 5.74) is 0.651. The summed E-state index contributed by atoms with van der Waals surface area (Å²) in [6, 6.07) is 7.11. The molecule has 1 aliphatic heterocycles. The van der Waals surface area contributed by atoms with Gasteiger partial charge in [0.2, 0.25) is 0 Å². The number of methoxy groups -OCH3 is 1. The molecule has 1 aliphatic rings. The van der Waals surface area contributed by atoms with Crippen LogP contribution in [0.25, 0.3) is 0 Å². The smallest absolute Gasteiger partial charge is 0.409 e. The van der Waals surface area contributed by atoms with Gasteiger partial charge in [0.25, 0.3) is 11.8 Å². The topological polar surface area (TPSA) is 92.6 Å². The Morgan fingerprint density at radius 1 is 1.11 bits per heavy atom. The number of ether oxygens (including phenoxy) is 2. The highest BCUT2D eigenvalue weighted by Gasteiger charge is 2.26. The summed E-state index contributed by atoms with van der Waals surface area (Å²) in [4.78, 5) is 40.5. The van der Waals surface area contributed by atoms with E-state index < -0.39 is 0 Å². The van der Waals surface area contributed by atoms with E-state index in [1.165, 1.54) is 0 Å². The first-order valence-electron chi connectivity index (χ1n) is 9.37. The SMILES string of the molecule is CCOC(=O)N1CCN(C(=O)C[NH+](C)CC(=O)Nc2cccc(OC)c2)CC1. The summed E-state index contributed by atoms with van der Waals surface area (Å²) < 4.78 is 10.1. The number of hydrogen-bond donors (Lipinski definition) is 2. The first kappa shape index (κ1) is 21.5. The van der Waals surface area contributed by atoms with Crippen LogP contribution in [0.1, 0.15) is 6.92 Å². The highest BCUT2D eigenvalue weighted by Crippen LogP contribution is 2.16. The average Bonchev–Trinajstić information content (AvgIpc) is 2.68. The van der Waals surface area contributed by atoms with Gasteiger partial charge in [-0.3, -0.25) is 9.59 Å². The summed E-state index contributed by atoms with van der Waals surface area (Å²) >= 11 is 0. The highest BCUT2D eigenvalue weighted by atomic mass is 16.6. The van der Waals surface area contributed by atoms with Gasteiger partial charge in [0, 0.05) is 37.9 Å². The van der Waals surface area contributed by atoms with Gasteiger partial charge in [0.1, 0.15) is 5.75 Å². The molecular weight excluding hydrogens is 364 g/mol. The van der Waals surface area contributed by atoms with Gasteiger partial charge in [0.05, 0.1) is 20.8 Å². The van der Waals surface area contributed by atoms with Crippen LogP contribution < -0.4 is 15.0 Å². The molecule has 0 bridgehead atoms. The molecule has 9 heteroatoms. The van der Waals surface area contributed by atoms with Crippen LogP contribution in [-0.4, -0.2) is 87.7 Å². The molecule has 1 aromatic carbocycles. The molecule has 0 aliphatic carbocycles. The van der Waals surface area contributed by atoms with Crippen molar-refractivity contribution in [2.24, 2.45) is 0 Å². The fourth-order valence-corrected chi connectivity index (χ4v) is 2.97. The number of anilines is 1. The zero-order valence-electron chi connectivity index (χ0n) is 16.7. The van der Waals surface area contributed by atoms with E-state index in [9.17, 15) is 14.4 Å². The van der Waals surface area contributed by atoms with Gasteiger partial charge in [0.15, 0.2) is 13.1 Å². The number of benzene rings is 1. The zero-order valence-corrected chi connectivity index (χ0v) is 16.7. The lowest BCUT2D eigenvalue weighted by Gasteiger charge is -2.34. The van der Waals surface area contributed by atoms with E-state index in [1.54, 1.807) is 55.1 Å². The predicted octanol–water partition coefficient (Wildman–Crippen LogP) is -0.551. The Labute approximate surface area is 165 Å². The van der Waals surface area contributed by atoms with Crippen molar-refractivity contribution in [3.63, 3.8) is 0 Å². The summed E-state index contributed by atoms with van der Waals surface area (Å²) in [5.74, 6) is 0.455. The first-order valence-corrected chi connectivity index (χ1v) is 9.37. The summed E-state index contributed by atoms with van der Waals surface area (Å²) in [6.07, 6.45) is -0.341. The molecule has 1 heterocycles. The quantitative estimate of drug-likeness (QED) is 0.649. The van der Waals surface area contributed by atoms with Crippen molar-refractivity contribution < 1.29 is 28.8 Å². The molecule has 3 amide bonds. The van der Waals surface area contributed by atoms with Crippen LogP contribution in [0, 0.1) is 0 Å². The summed E-state index contributed by atoms with van der Waals surface area (Å²) in [7, 11) is 3.37. The van der Waals surface area contributed by atoms with E-state index in [1.807, 2.05) is 0 Å². The Bertz CT molecular complexity index is 689. The van der Waals surface area contributed by atoms with E-state index in [0.717, 1.165) is 4.90 Å². The van der Waals surface area contributed by atoms with Crippen LogP contribution in [-0.2, 0) is 14.3 Å². The molecule has 9 nitrogen and oxygen atoms in total. The molecule has 1 unspecified atom stereocenters. The van der Waals surface area contributed by atoms with Crippen molar-refractivity contribution in [2.45, 2.75) is 6.92 Å². The van der Waals surface area contributed by atoms with Crippen molar-refractivity contribution in [1.82, 2.24) is 9.80 Å². The molecule has 1 fully saturated rings. The molecule has 1 saturated heterocycles. The van der Waals surface area contributed by atoms with Crippen LogP contribution >= 0.6 is 0 Å². The lowest BCUT2D eigenvalue weighted by Crippen LogP contribution is -3.11. The lowest BCUT2D eigenvalue weighted by molar-refractivity contribution is -0.862. The third-order valence-electron chi connectivity index (χ3n) is 4.43. The Morgan fingerprint density at radius 3 is 2.43 bits per heavy atom. The summed E-state index contributed by atoms with van der Waals surface area (Å²) in [5, 5.41) is 2.81. The standard InChI is InChI=1S/C19H28N4O5/c1-4-28-19(26)23-10-8-22(9-11-23)18(25)14-21(2)13-17(24)20-15-6-5-7-16(12-15)27-3/h5-7,12H,4,8-11,13-14H2,1-3H3,(H,20,24)/p+1. The fraction of sp³-hybridized carbons (Fsp3) is 0.526. The second kappa shape index (κ2) is 10.5. The van der Waals surface area contributed by atoms with Crippen LogP contribution in [0.15, 0.2) is 24.3 Å². The van der Waals surface area contributed by atoms with E-state index in [-0.39, 0.29) is 31.0 Å². The minimum Gasteiger partial charge on any atom is -0.497 e. The number of amides is 3. The zero-order chi connectivity index (χ0) is 20.5. The number of rotatable bonds is 7. The monoisotopic (exact) mass is 393 g/mol. The maximum Gasteiger partial charge on any atom is 0.409 e. The predicted molar refractivity (Wildman–Crippen MR) is 103 cm³/mol. The highest BCUT2D eigenvalue weighted by molar-refractivity contribution is 5.91. The molecule has 28 heavy (non-hydrogen) atoms. The van der Waals surface area contributed by atoms with Gasteiger partial charge in [-0.25, -0.2) is 4.79 Å². The molecule has 0 radical (unpaired) electrons. The van der Waals surface area contributed by atoms with E-state index in [0.29, 0.717) is 44.2 Å². The number of carbonyl (C=O) groups is 3. The minimum absolute atomic E-state index is 0.0322. The minimum atomic E-state index is -0.341. The first-order chi connectivity index (χ1) is 13.4. The second-order valence-electron chi connectivity index (χ2n) is 6.66. The van der Waals surface area contributed by atoms with Crippen LogP contribution in [0.4, 0.5) is 10.5 Å². The lowest BCUT2D eigenvalue weighted by atomic mass is 10.3. The molecular formula is C19H29N4O5+.